The Morgan fingerprint density at radius 3 is 2.82 bits per heavy atom. The summed E-state index contributed by atoms with van der Waals surface area (Å²) < 4.78 is 3.32. The Kier molecular flexibility index (Phi) is 3.28. The fourth-order valence-electron chi connectivity index (χ4n) is 1.45. The second-order valence-electron chi connectivity index (χ2n) is 4.06. The highest BCUT2D eigenvalue weighted by molar-refractivity contribution is 6.29. The SMILES string of the molecule is CC(C)n1ccc(Cn2cnc(Cl)cc2=O)n1. The molecular formula is C11H13ClN4O. The summed E-state index contributed by atoms with van der Waals surface area (Å²) in [5, 5.41) is 4.57. The van der Waals surface area contributed by atoms with Gasteiger partial charge in [0, 0.05) is 18.3 Å². The molecule has 0 fully saturated rings. The van der Waals surface area contributed by atoms with Gasteiger partial charge in [-0.1, -0.05) is 11.6 Å². The van der Waals surface area contributed by atoms with Crippen LogP contribution in [0.1, 0.15) is 25.6 Å². The van der Waals surface area contributed by atoms with Crippen LogP contribution in [-0.4, -0.2) is 19.3 Å². The van der Waals surface area contributed by atoms with Gasteiger partial charge in [0.25, 0.3) is 5.56 Å². The molecule has 0 saturated heterocycles. The van der Waals surface area contributed by atoms with E-state index in [4.69, 9.17) is 11.6 Å². The van der Waals surface area contributed by atoms with Crippen molar-refractivity contribution in [1.82, 2.24) is 19.3 Å². The number of halogens is 1. The van der Waals surface area contributed by atoms with Crippen molar-refractivity contribution in [3.63, 3.8) is 0 Å². The lowest BCUT2D eigenvalue weighted by Gasteiger charge is -2.04. The van der Waals surface area contributed by atoms with Crippen LogP contribution >= 0.6 is 11.6 Å². The van der Waals surface area contributed by atoms with Gasteiger partial charge in [0.15, 0.2) is 0 Å². The lowest BCUT2D eigenvalue weighted by molar-refractivity contribution is 0.522. The molecule has 17 heavy (non-hydrogen) atoms. The molecular weight excluding hydrogens is 240 g/mol. The van der Waals surface area contributed by atoms with E-state index in [2.05, 4.69) is 10.1 Å². The third-order valence-electron chi connectivity index (χ3n) is 2.37. The van der Waals surface area contributed by atoms with E-state index >= 15 is 0 Å². The van der Waals surface area contributed by atoms with Crippen LogP contribution in [0.15, 0.2) is 29.5 Å². The fraction of sp³-hybridized carbons (Fsp3) is 0.364. The third kappa shape index (κ3) is 2.74. The van der Waals surface area contributed by atoms with Crippen LogP contribution in [0.4, 0.5) is 0 Å². The Bertz CT molecular complexity index is 573. The molecule has 0 atom stereocenters. The molecule has 2 rings (SSSR count). The van der Waals surface area contributed by atoms with E-state index in [1.807, 2.05) is 30.8 Å². The first-order chi connectivity index (χ1) is 8.06. The predicted molar refractivity (Wildman–Crippen MR) is 65.2 cm³/mol. The topological polar surface area (TPSA) is 52.7 Å². The van der Waals surface area contributed by atoms with E-state index in [0.29, 0.717) is 12.6 Å². The molecule has 2 aromatic heterocycles. The van der Waals surface area contributed by atoms with Crippen molar-refractivity contribution in [3.8, 4) is 0 Å². The van der Waals surface area contributed by atoms with E-state index in [0.717, 1.165) is 5.69 Å². The van der Waals surface area contributed by atoms with Crippen LogP contribution < -0.4 is 5.56 Å². The Hall–Kier alpha value is -1.62. The van der Waals surface area contributed by atoms with Crippen molar-refractivity contribution in [2.75, 3.05) is 0 Å². The van der Waals surface area contributed by atoms with Gasteiger partial charge in [0.2, 0.25) is 0 Å². The minimum Gasteiger partial charge on any atom is -0.293 e. The summed E-state index contributed by atoms with van der Waals surface area (Å²) in [5.41, 5.74) is 0.647. The highest BCUT2D eigenvalue weighted by Crippen LogP contribution is 2.05. The Labute approximate surface area is 104 Å². The normalized spacial score (nSPS) is 11.1. The maximum atomic E-state index is 11.6. The second kappa shape index (κ2) is 4.71. The number of aromatic nitrogens is 4. The molecule has 0 aliphatic carbocycles. The lowest BCUT2D eigenvalue weighted by Crippen LogP contribution is -2.20. The molecule has 2 heterocycles. The average molecular weight is 253 g/mol. The number of hydrogen-bond donors (Lipinski definition) is 0. The second-order valence-corrected chi connectivity index (χ2v) is 4.45. The lowest BCUT2D eigenvalue weighted by atomic mass is 10.4. The van der Waals surface area contributed by atoms with Gasteiger partial charge in [0.1, 0.15) is 5.15 Å². The highest BCUT2D eigenvalue weighted by Gasteiger charge is 2.04. The Morgan fingerprint density at radius 1 is 1.47 bits per heavy atom. The van der Waals surface area contributed by atoms with Crippen molar-refractivity contribution >= 4 is 11.6 Å². The number of hydrogen-bond acceptors (Lipinski definition) is 3. The first-order valence-electron chi connectivity index (χ1n) is 5.32. The first kappa shape index (κ1) is 11.9. The van der Waals surface area contributed by atoms with Gasteiger partial charge in [-0.25, -0.2) is 4.98 Å². The molecule has 0 bridgehead atoms. The maximum absolute atomic E-state index is 11.6. The molecule has 0 aliphatic heterocycles. The van der Waals surface area contributed by atoms with Crippen LogP contribution in [-0.2, 0) is 6.54 Å². The van der Waals surface area contributed by atoms with Crippen LogP contribution in [0.3, 0.4) is 0 Å². The largest absolute Gasteiger partial charge is 0.293 e. The van der Waals surface area contributed by atoms with Gasteiger partial charge in [-0.3, -0.25) is 14.0 Å². The van der Waals surface area contributed by atoms with Gasteiger partial charge >= 0.3 is 0 Å². The monoisotopic (exact) mass is 252 g/mol. The summed E-state index contributed by atoms with van der Waals surface area (Å²) >= 11 is 5.62. The molecule has 90 valence electrons. The maximum Gasteiger partial charge on any atom is 0.255 e. The first-order valence-corrected chi connectivity index (χ1v) is 5.70. The van der Waals surface area contributed by atoms with Crippen molar-refractivity contribution in [2.24, 2.45) is 0 Å². The van der Waals surface area contributed by atoms with Crippen molar-refractivity contribution in [1.29, 1.82) is 0 Å². The summed E-state index contributed by atoms with van der Waals surface area (Å²) in [6, 6.07) is 3.49. The molecule has 0 spiro atoms. The smallest absolute Gasteiger partial charge is 0.255 e. The van der Waals surface area contributed by atoms with Crippen molar-refractivity contribution < 1.29 is 0 Å². The summed E-state index contributed by atoms with van der Waals surface area (Å²) in [6.45, 7) is 4.50. The molecule has 0 amide bonds. The van der Waals surface area contributed by atoms with Gasteiger partial charge in [-0.15, -0.1) is 0 Å². The van der Waals surface area contributed by atoms with E-state index in [-0.39, 0.29) is 10.7 Å². The molecule has 0 saturated carbocycles. The summed E-state index contributed by atoms with van der Waals surface area (Å²) in [6.07, 6.45) is 3.33. The number of rotatable bonds is 3. The van der Waals surface area contributed by atoms with Gasteiger partial charge in [0.05, 0.1) is 18.6 Å². The molecule has 6 heteroatoms. The van der Waals surface area contributed by atoms with Crippen molar-refractivity contribution in [2.45, 2.75) is 26.4 Å². The minimum absolute atomic E-state index is 0.177. The van der Waals surface area contributed by atoms with Crippen LogP contribution in [0.5, 0.6) is 0 Å². The zero-order valence-electron chi connectivity index (χ0n) is 9.67. The fourth-order valence-corrected chi connectivity index (χ4v) is 1.58. The molecule has 0 radical (unpaired) electrons. The Balaban J connectivity index is 2.22. The zero-order valence-corrected chi connectivity index (χ0v) is 10.4. The Morgan fingerprint density at radius 2 is 2.24 bits per heavy atom. The molecule has 0 aliphatic rings. The van der Waals surface area contributed by atoms with Crippen LogP contribution in [0.25, 0.3) is 0 Å². The standard InChI is InChI=1S/C11H13ClN4O/c1-8(2)16-4-3-9(14-16)6-15-7-13-10(12)5-11(15)17/h3-5,7-8H,6H2,1-2H3. The van der Waals surface area contributed by atoms with Crippen LogP contribution in [0, 0.1) is 0 Å². The van der Waals surface area contributed by atoms with Gasteiger partial charge in [-0.05, 0) is 19.9 Å². The third-order valence-corrected chi connectivity index (χ3v) is 2.58. The van der Waals surface area contributed by atoms with E-state index < -0.39 is 0 Å². The van der Waals surface area contributed by atoms with Gasteiger partial charge < -0.3 is 0 Å². The number of nitrogens with zero attached hydrogens (tertiary/aromatic N) is 4. The van der Waals surface area contributed by atoms with E-state index in [9.17, 15) is 4.79 Å². The summed E-state index contributed by atoms with van der Waals surface area (Å²) in [4.78, 5) is 15.5. The highest BCUT2D eigenvalue weighted by atomic mass is 35.5. The zero-order chi connectivity index (χ0) is 12.4. The summed E-state index contributed by atoms with van der Waals surface area (Å²) in [7, 11) is 0. The molecule has 2 aromatic rings. The quantitative estimate of drug-likeness (QED) is 0.782. The average Bonchev–Trinajstić information content (AvgIpc) is 2.71. The van der Waals surface area contributed by atoms with Crippen molar-refractivity contribution in [3.05, 3.63) is 45.9 Å². The molecule has 5 nitrogen and oxygen atoms in total. The van der Waals surface area contributed by atoms with Gasteiger partial charge in [-0.2, -0.15) is 5.10 Å². The molecule has 0 unspecified atom stereocenters. The molecule has 0 N–H and O–H groups in total. The predicted octanol–water partition coefficient (Wildman–Crippen LogP) is 1.72. The van der Waals surface area contributed by atoms with E-state index in [1.165, 1.54) is 17.0 Å². The van der Waals surface area contributed by atoms with E-state index in [1.54, 1.807) is 0 Å². The van der Waals surface area contributed by atoms with Crippen LogP contribution in [0.2, 0.25) is 5.15 Å². The summed E-state index contributed by atoms with van der Waals surface area (Å²) in [5.74, 6) is 0. The molecule has 0 aromatic carbocycles. The minimum atomic E-state index is -0.177.